The Labute approximate surface area is 119 Å². The Bertz CT molecular complexity index is 488. The monoisotopic (exact) mass is 278 g/mol. The Kier molecular flexibility index (Phi) is 4.49. The smallest absolute Gasteiger partial charge is 0.234 e. The van der Waals surface area contributed by atoms with Crippen LogP contribution in [0.25, 0.3) is 0 Å². The summed E-state index contributed by atoms with van der Waals surface area (Å²) in [5.41, 5.74) is 1.03. The number of hydrogen-bond acceptors (Lipinski definition) is 4. The zero-order valence-electron chi connectivity index (χ0n) is 12.2. The van der Waals surface area contributed by atoms with E-state index < -0.39 is 0 Å². The van der Waals surface area contributed by atoms with E-state index in [1.165, 1.54) is 0 Å². The number of rotatable bonds is 5. The molecule has 1 unspecified atom stereocenters. The minimum absolute atomic E-state index is 0.0223. The molecule has 0 saturated heterocycles. The average Bonchev–Trinajstić information content (AvgIpc) is 2.77. The molecule has 5 nitrogen and oxygen atoms in total. The van der Waals surface area contributed by atoms with Crippen molar-refractivity contribution in [2.24, 2.45) is 0 Å². The zero-order chi connectivity index (χ0) is 14.7. The van der Waals surface area contributed by atoms with Gasteiger partial charge in [-0.05, 0) is 32.5 Å². The number of ether oxygens (including phenoxy) is 1. The predicted molar refractivity (Wildman–Crippen MR) is 76.9 cm³/mol. The number of nitrogens with one attached hydrogen (secondary N) is 1. The molecule has 1 aliphatic rings. The number of nitrogens with zero attached hydrogens (tertiary/aromatic N) is 1. The summed E-state index contributed by atoms with van der Waals surface area (Å²) in [6, 6.07) is 5.35. The summed E-state index contributed by atoms with van der Waals surface area (Å²) in [6.07, 6.45) is 0. The molecule has 1 atom stereocenters. The van der Waals surface area contributed by atoms with Gasteiger partial charge in [0.15, 0.2) is 0 Å². The molecule has 1 heterocycles. The number of carbonyl (C=O) groups is 1. The van der Waals surface area contributed by atoms with Gasteiger partial charge in [-0.1, -0.05) is 6.92 Å². The van der Waals surface area contributed by atoms with Crippen LogP contribution >= 0.6 is 0 Å². The molecule has 0 aromatic heterocycles. The van der Waals surface area contributed by atoms with Crippen molar-refractivity contribution in [1.82, 2.24) is 10.2 Å². The topological polar surface area (TPSA) is 61.8 Å². The maximum Gasteiger partial charge on any atom is 0.234 e. The lowest BCUT2D eigenvalue weighted by molar-refractivity contribution is -0.123. The molecule has 20 heavy (non-hydrogen) atoms. The van der Waals surface area contributed by atoms with Crippen LogP contribution in [0.4, 0.5) is 0 Å². The van der Waals surface area contributed by atoms with Crippen LogP contribution in [-0.2, 0) is 4.79 Å². The summed E-state index contributed by atoms with van der Waals surface area (Å²) in [5.74, 6) is 0.928. The Hall–Kier alpha value is -1.75. The number of benzene rings is 1. The Morgan fingerprint density at radius 2 is 2.30 bits per heavy atom. The quantitative estimate of drug-likeness (QED) is 0.860. The summed E-state index contributed by atoms with van der Waals surface area (Å²) in [7, 11) is 0. The van der Waals surface area contributed by atoms with Gasteiger partial charge >= 0.3 is 0 Å². The standard InChI is InChI=1S/C15H22N2O3/c1-4-17(8-15(19)16-10(2)3)13-9-20-14-7-11(18)5-6-12(13)14/h5-7,10,13,18H,4,8-9H2,1-3H3,(H,16,19). The van der Waals surface area contributed by atoms with Gasteiger partial charge in [0.05, 0.1) is 12.6 Å². The normalized spacial score (nSPS) is 17.1. The van der Waals surface area contributed by atoms with E-state index in [0.717, 1.165) is 12.1 Å². The molecule has 1 amide bonds. The van der Waals surface area contributed by atoms with Crippen LogP contribution in [0.15, 0.2) is 18.2 Å². The number of aromatic hydroxyl groups is 1. The Morgan fingerprint density at radius 3 is 2.95 bits per heavy atom. The molecule has 0 fully saturated rings. The summed E-state index contributed by atoms with van der Waals surface area (Å²) in [4.78, 5) is 14.0. The van der Waals surface area contributed by atoms with Gasteiger partial charge in [-0.2, -0.15) is 0 Å². The first-order chi connectivity index (χ1) is 9.51. The van der Waals surface area contributed by atoms with Crippen molar-refractivity contribution in [3.8, 4) is 11.5 Å². The largest absolute Gasteiger partial charge is 0.508 e. The first-order valence-corrected chi connectivity index (χ1v) is 7.00. The van der Waals surface area contributed by atoms with Crippen molar-refractivity contribution >= 4 is 5.91 Å². The van der Waals surface area contributed by atoms with Crippen LogP contribution in [0.1, 0.15) is 32.4 Å². The van der Waals surface area contributed by atoms with Crippen molar-refractivity contribution in [2.45, 2.75) is 32.9 Å². The molecule has 2 N–H and O–H groups in total. The summed E-state index contributed by atoms with van der Waals surface area (Å²) in [6.45, 7) is 7.56. The molecule has 1 aromatic carbocycles. The average molecular weight is 278 g/mol. The Balaban J connectivity index is 2.09. The maximum atomic E-state index is 11.9. The van der Waals surface area contributed by atoms with Gasteiger partial charge in [-0.25, -0.2) is 0 Å². The summed E-state index contributed by atoms with van der Waals surface area (Å²) < 4.78 is 5.60. The number of phenolic OH excluding ortho intramolecular Hbond substituents is 1. The van der Waals surface area contributed by atoms with Crippen LogP contribution in [0.2, 0.25) is 0 Å². The molecule has 0 radical (unpaired) electrons. The van der Waals surface area contributed by atoms with Crippen molar-refractivity contribution in [2.75, 3.05) is 19.7 Å². The first kappa shape index (κ1) is 14.7. The van der Waals surface area contributed by atoms with Crippen LogP contribution in [0.3, 0.4) is 0 Å². The van der Waals surface area contributed by atoms with E-state index >= 15 is 0 Å². The fourth-order valence-electron chi connectivity index (χ4n) is 2.48. The zero-order valence-corrected chi connectivity index (χ0v) is 12.2. The fourth-order valence-corrected chi connectivity index (χ4v) is 2.48. The fraction of sp³-hybridized carbons (Fsp3) is 0.533. The number of fused-ring (bicyclic) bond motifs is 1. The molecular formula is C15H22N2O3. The number of phenols is 1. The third-order valence-electron chi connectivity index (χ3n) is 3.40. The number of carbonyl (C=O) groups excluding carboxylic acids is 1. The molecule has 0 saturated carbocycles. The summed E-state index contributed by atoms with van der Waals surface area (Å²) >= 11 is 0. The van der Waals surface area contributed by atoms with Crippen molar-refractivity contribution in [1.29, 1.82) is 0 Å². The highest BCUT2D eigenvalue weighted by Crippen LogP contribution is 2.37. The lowest BCUT2D eigenvalue weighted by Gasteiger charge is -2.26. The maximum absolute atomic E-state index is 11.9. The Morgan fingerprint density at radius 1 is 1.55 bits per heavy atom. The second-order valence-electron chi connectivity index (χ2n) is 5.33. The third kappa shape index (κ3) is 3.22. The van der Waals surface area contributed by atoms with Crippen molar-refractivity contribution < 1.29 is 14.6 Å². The van der Waals surface area contributed by atoms with Crippen LogP contribution < -0.4 is 10.1 Å². The second kappa shape index (κ2) is 6.13. The van der Waals surface area contributed by atoms with E-state index in [4.69, 9.17) is 4.74 Å². The minimum Gasteiger partial charge on any atom is -0.508 e. The van der Waals surface area contributed by atoms with Gasteiger partial charge in [0.2, 0.25) is 5.91 Å². The molecule has 2 rings (SSSR count). The lowest BCUT2D eigenvalue weighted by Crippen LogP contribution is -2.41. The van der Waals surface area contributed by atoms with Crippen LogP contribution in [-0.4, -0.2) is 41.7 Å². The van der Waals surface area contributed by atoms with Crippen molar-refractivity contribution in [3.63, 3.8) is 0 Å². The third-order valence-corrected chi connectivity index (χ3v) is 3.40. The molecule has 1 aliphatic heterocycles. The highest BCUT2D eigenvalue weighted by Gasteiger charge is 2.30. The number of likely N-dealkylation sites (N-methyl/N-ethyl adjacent to an activating group) is 1. The van der Waals surface area contributed by atoms with Crippen LogP contribution in [0, 0.1) is 0 Å². The van der Waals surface area contributed by atoms with Gasteiger partial charge in [-0.15, -0.1) is 0 Å². The van der Waals surface area contributed by atoms with Crippen molar-refractivity contribution in [3.05, 3.63) is 23.8 Å². The van der Waals surface area contributed by atoms with E-state index in [-0.39, 0.29) is 23.7 Å². The molecular weight excluding hydrogens is 256 g/mol. The molecule has 0 aliphatic carbocycles. The van der Waals surface area contributed by atoms with E-state index in [2.05, 4.69) is 10.2 Å². The predicted octanol–water partition coefficient (Wildman–Crippen LogP) is 1.67. The van der Waals surface area contributed by atoms with Gasteiger partial charge in [0.25, 0.3) is 0 Å². The van der Waals surface area contributed by atoms with E-state index in [0.29, 0.717) is 18.9 Å². The van der Waals surface area contributed by atoms with Crippen LogP contribution in [0.5, 0.6) is 11.5 Å². The molecule has 0 spiro atoms. The summed E-state index contributed by atoms with van der Waals surface area (Å²) in [5, 5.41) is 12.4. The van der Waals surface area contributed by atoms with Gasteiger partial charge in [0, 0.05) is 17.7 Å². The number of amides is 1. The van der Waals surface area contributed by atoms with E-state index in [1.807, 2.05) is 26.8 Å². The van der Waals surface area contributed by atoms with Gasteiger partial charge in [-0.3, -0.25) is 9.69 Å². The van der Waals surface area contributed by atoms with Gasteiger partial charge in [0.1, 0.15) is 18.1 Å². The SMILES string of the molecule is CCN(CC(=O)NC(C)C)C1COc2cc(O)ccc21. The molecule has 1 aromatic rings. The van der Waals surface area contributed by atoms with E-state index in [9.17, 15) is 9.90 Å². The molecule has 110 valence electrons. The van der Waals surface area contributed by atoms with Gasteiger partial charge < -0.3 is 15.2 Å². The minimum atomic E-state index is 0.0223. The highest BCUT2D eigenvalue weighted by atomic mass is 16.5. The first-order valence-electron chi connectivity index (χ1n) is 7.00. The van der Waals surface area contributed by atoms with E-state index in [1.54, 1.807) is 12.1 Å². The highest BCUT2D eigenvalue weighted by molar-refractivity contribution is 5.78. The second-order valence-corrected chi connectivity index (χ2v) is 5.33. The molecule has 0 bridgehead atoms. The number of hydrogen-bond donors (Lipinski definition) is 2. The lowest BCUT2D eigenvalue weighted by atomic mass is 10.1. The molecule has 5 heteroatoms.